The van der Waals surface area contributed by atoms with Gasteiger partial charge in [0.1, 0.15) is 0 Å². The lowest BCUT2D eigenvalue weighted by Gasteiger charge is -2.27. The third kappa shape index (κ3) is 8.16. The molecule has 0 aromatic carbocycles. The lowest BCUT2D eigenvalue weighted by atomic mass is 10.3. The van der Waals surface area contributed by atoms with E-state index in [1.807, 2.05) is 0 Å². The van der Waals surface area contributed by atoms with Gasteiger partial charge < -0.3 is 25.2 Å². The van der Waals surface area contributed by atoms with Crippen molar-refractivity contribution < 1.29 is 9.53 Å². The maximum atomic E-state index is 9.73. The summed E-state index contributed by atoms with van der Waals surface area (Å²) in [4.78, 5) is 31.9. The molecular formula is C25H32N10O2S. The number of nitrogens with one attached hydrogen (secondary N) is 3. The van der Waals surface area contributed by atoms with Crippen LogP contribution in [0.5, 0.6) is 0 Å². The molecule has 3 fully saturated rings. The fourth-order valence-corrected chi connectivity index (χ4v) is 4.33. The number of hydrogen-bond donors (Lipinski definition) is 3. The maximum Gasteiger partial charge on any atom is 0.235 e. The predicted molar refractivity (Wildman–Crippen MR) is 150 cm³/mol. The van der Waals surface area contributed by atoms with Crippen molar-refractivity contribution >= 4 is 46.5 Å². The molecule has 3 aromatic heterocycles. The third-order valence-corrected chi connectivity index (χ3v) is 6.47. The molecule has 1 amide bonds. The van der Waals surface area contributed by atoms with Crippen LogP contribution in [0.2, 0.25) is 0 Å². The molecule has 6 rings (SSSR count). The van der Waals surface area contributed by atoms with Gasteiger partial charge in [-0.25, -0.2) is 4.98 Å². The molecule has 0 spiro atoms. The molecule has 12 nitrogen and oxygen atoms in total. The van der Waals surface area contributed by atoms with Crippen LogP contribution in [0.4, 0.5) is 28.8 Å². The zero-order valence-corrected chi connectivity index (χ0v) is 21.9. The lowest BCUT2D eigenvalue weighted by Crippen LogP contribution is -2.38. The predicted octanol–water partition coefficient (Wildman–Crippen LogP) is 2.86. The highest BCUT2D eigenvalue weighted by Gasteiger charge is 2.26. The number of H-pyrrole nitrogens is 1. The molecule has 13 heteroatoms. The molecule has 0 radical (unpaired) electrons. The van der Waals surface area contributed by atoms with Crippen LogP contribution in [-0.2, 0) is 9.53 Å². The first-order valence-electron chi connectivity index (χ1n) is 12.2. The number of morpholine rings is 1. The van der Waals surface area contributed by atoms with Gasteiger partial charge in [0.25, 0.3) is 0 Å². The second kappa shape index (κ2) is 15.1. The Morgan fingerprint density at radius 2 is 1.66 bits per heavy atom. The van der Waals surface area contributed by atoms with Crippen molar-refractivity contribution in [2.75, 3.05) is 59.8 Å². The first kappa shape index (κ1) is 28.4. The van der Waals surface area contributed by atoms with Crippen LogP contribution >= 0.6 is 11.3 Å². The summed E-state index contributed by atoms with van der Waals surface area (Å²) in [7, 11) is 0. The van der Waals surface area contributed by atoms with Gasteiger partial charge in [-0.1, -0.05) is 0 Å². The van der Waals surface area contributed by atoms with E-state index in [2.05, 4.69) is 77.3 Å². The SMILES string of the molecule is C#C.C#C.O=CNc1nccs1.c1c(Nc2nc(N3CCCC3)nc(N3CCOCC3)n2)n[nH]c1C1CC1. The fraction of sp³-hybridized carbons (Fsp3) is 0.440. The van der Waals surface area contributed by atoms with Crippen LogP contribution in [0.1, 0.15) is 37.3 Å². The van der Waals surface area contributed by atoms with Gasteiger partial charge in [-0.2, -0.15) is 20.1 Å². The molecule has 2 aliphatic heterocycles. The van der Waals surface area contributed by atoms with E-state index in [0.717, 1.165) is 37.9 Å². The molecule has 200 valence electrons. The Bertz CT molecular complexity index is 1140. The number of aromatic amines is 1. The number of nitrogens with zero attached hydrogens (tertiary/aromatic N) is 7. The minimum Gasteiger partial charge on any atom is -0.378 e. The molecule has 3 aliphatic rings. The zero-order valence-electron chi connectivity index (χ0n) is 21.1. The second-order valence-electron chi connectivity index (χ2n) is 8.26. The van der Waals surface area contributed by atoms with Crippen molar-refractivity contribution in [3.05, 3.63) is 23.3 Å². The summed E-state index contributed by atoms with van der Waals surface area (Å²) in [6.45, 7) is 5.02. The Morgan fingerprint density at radius 3 is 2.24 bits per heavy atom. The summed E-state index contributed by atoms with van der Waals surface area (Å²) < 4.78 is 5.46. The minimum atomic E-state index is 0.553. The van der Waals surface area contributed by atoms with Crippen molar-refractivity contribution in [3.63, 3.8) is 0 Å². The number of thiazole rings is 1. The van der Waals surface area contributed by atoms with E-state index in [-0.39, 0.29) is 0 Å². The van der Waals surface area contributed by atoms with E-state index in [1.165, 1.54) is 42.7 Å². The van der Waals surface area contributed by atoms with E-state index in [4.69, 9.17) is 9.72 Å². The van der Waals surface area contributed by atoms with Gasteiger partial charge in [-0.3, -0.25) is 9.89 Å². The average molecular weight is 537 g/mol. The molecule has 1 aliphatic carbocycles. The number of ether oxygens (including phenoxy) is 1. The van der Waals surface area contributed by atoms with Gasteiger partial charge in [0.05, 0.1) is 13.2 Å². The molecule has 0 atom stereocenters. The molecule has 5 heterocycles. The number of terminal acetylenes is 2. The summed E-state index contributed by atoms with van der Waals surface area (Å²) in [6.07, 6.45) is 23.1. The highest BCUT2D eigenvalue weighted by molar-refractivity contribution is 7.13. The molecule has 3 aromatic rings. The van der Waals surface area contributed by atoms with Gasteiger partial charge in [0.2, 0.25) is 24.3 Å². The summed E-state index contributed by atoms with van der Waals surface area (Å²) in [5.74, 6) is 3.42. The van der Waals surface area contributed by atoms with Crippen LogP contribution in [0.25, 0.3) is 0 Å². The van der Waals surface area contributed by atoms with Crippen LogP contribution < -0.4 is 20.4 Å². The van der Waals surface area contributed by atoms with Crippen LogP contribution in [-0.4, -0.2) is 75.9 Å². The first-order valence-corrected chi connectivity index (χ1v) is 13.1. The van der Waals surface area contributed by atoms with E-state index in [1.54, 1.807) is 11.6 Å². The van der Waals surface area contributed by atoms with Crippen LogP contribution in [0.3, 0.4) is 0 Å². The standard InChI is InChI=1S/C17H24N8O.C4H4N2OS.2C2H2/c1-2-6-24(5-1)16-19-15(18-14-11-13(22-23-14)12-3-4-12)20-17(21-16)25-7-9-26-10-8-25;7-3-6-4-5-1-2-8-4;2*1-2/h11-12H,1-10H2,(H2,18,19,20,21,22,23);1-3H,(H,5,6,7);2*1-2H. The maximum absolute atomic E-state index is 9.73. The summed E-state index contributed by atoms with van der Waals surface area (Å²) in [5, 5.41) is 15.6. The Morgan fingerprint density at radius 1 is 1.00 bits per heavy atom. The smallest absolute Gasteiger partial charge is 0.235 e. The molecule has 2 saturated heterocycles. The first-order chi connectivity index (χ1) is 18.8. The van der Waals surface area contributed by atoms with E-state index in [9.17, 15) is 4.79 Å². The van der Waals surface area contributed by atoms with Crippen molar-refractivity contribution in [2.45, 2.75) is 31.6 Å². The highest BCUT2D eigenvalue weighted by atomic mass is 32.1. The van der Waals surface area contributed by atoms with Gasteiger partial charge in [0, 0.05) is 55.4 Å². The van der Waals surface area contributed by atoms with E-state index < -0.39 is 0 Å². The molecular weight excluding hydrogens is 504 g/mol. The molecule has 0 bridgehead atoms. The number of carbonyl (C=O) groups is 1. The average Bonchev–Trinajstić information content (AvgIpc) is 3.36. The topological polar surface area (TPSA) is 137 Å². The number of aromatic nitrogens is 6. The molecule has 0 unspecified atom stereocenters. The second-order valence-corrected chi connectivity index (χ2v) is 9.15. The van der Waals surface area contributed by atoms with Crippen molar-refractivity contribution in [1.82, 2.24) is 30.1 Å². The highest BCUT2D eigenvalue weighted by Crippen LogP contribution is 2.39. The molecule has 3 N–H and O–H groups in total. The van der Waals surface area contributed by atoms with E-state index >= 15 is 0 Å². The summed E-state index contributed by atoms with van der Waals surface area (Å²) in [6, 6.07) is 2.06. The summed E-state index contributed by atoms with van der Waals surface area (Å²) in [5.41, 5.74) is 1.19. The monoisotopic (exact) mass is 536 g/mol. The third-order valence-electron chi connectivity index (χ3n) is 5.76. The van der Waals surface area contributed by atoms with Crippen molar-refractivity contribution in [1.29, 1.82) is 0 Å². The minimum absolute atomic E-state index is 0.553. The largest absolute Gasteiger partial charge is 0.378 e. The Hall–Kier alpha value is -4.20. The molecule has 1 saturated carbocycles. The van der Waals surface area contributed by atoms with Crippen LogP contribution in [0.15, 0.2) is 17.6 Å². The van der Waals surface area contributed by atoms with E-state index in [0.29, 0.717) is 42.6 Å². The van der Waals surface area contributed by atoms with Crippen LogP contribution in [0, 0.1) is 25.7 Å². The van der Waals surface area contributed by atoms with Gasteiger partial charge in [-0.15, -0.1) is 37.0 Å². The number of hydrogen-bond acceptors (Lipinski definition) is 11. The molecule has 38 heavy (non-hydrogen) atoms. The normalized spacial score (nSPS) is 16.0. The Labute approximate surface area is 226 Å². The van der Waals surface area contributed by atoms with Crippen molar-refractivity contribution in [2.24, 2.45) is 0 Å². The zero-order chi connectivity index (χ0) is 27.2. The lowest BCUT2D eigenvalue weighted by molar-refractivity contribution is -0.105. The number of carbonyl (C=O) groups excluding carboxylic acids is 1. The van der Waals surface area contributed by atoms with Gasteiger partial charge in [0.15, 0.2) is 10.9 Å². The Balaban J connectivity index is 0.000000282. The fourth-order valence-electron chi connectivity index (χ4n) is 3.84. The van der Waals surface area contributed by atoms with Gasteiger partial charge >= 0.3 is 0 Å². The summed E-state index contributed by atoms with van der Waals surface area (Å²) >= 11 is 1.39. The van der Waals surface area contributed by atoms with Crippen molar-refractivity contribution in [3.8, 4) is 25.7 Å². The number of rotatable bonds is 7. The van der Waals surface area contributed by atoms with Gasteiger partial charge in [-0.05, 0) is 25.7 Å². The number of anilines is 5. The quantitative estimate of drug-likeness (QED) is 0.305. The number of amides is 1. The Kier molecular flexibility index (Phi) is 11.3.